The topological polar surface area (TPSA) is 20.3 Å². The molecule has 1 aliphatic heterocycles. The van der Waals surface area contributed by atoms with Crippen LogP contribution in [0, 0.1) is 0 Å². The first-order valence-corrected chi connectivity index (χ1v) is 6.05. The van der Waals surface area contributed by atoms with Crippen LogP contribution in [0.4, 0.5) is 0 Å². The zero-order valence-electron chi connectivity index (χ0n) is 10.0. The van der Waals surface area contributed by atoms with Crippen LogP contribution in [0.5, 0.6) is 0 Å². The third kappa shape index (κ3) is 2.11. The molecule has 0 unspecified atom stereocenters. The molecule has 1 aromatic carbocycles. The van der Waals surface area contributed by atoms with E-state index >= 15 is 0 Å². The lowest BCUT2D eigenvalue weighted by Gasteiger charge is -2.25. The molecule has 1 aromatic rings. The second kappa shape index (κ2) is 4.69. The highest BCUT2D eigenvalue weighted by Crippen LogP contribution is 2.23. The van der Waals surface area contributed by atoms with Gasteiger partial charge in [-0.3, -0.25) is 4.79 Å². The fourth-order valence-corrected chi connectivity index (χ4v) is 2.39. The summed E-state index contributed by atoms with van der Waals surface area (Å²) in [5, 5.41) is 0. The van der Waals surface area contributed by atoms with E-state index in [0.717, 1.165) is 24.9 Å². The molecule has 0 bridgehead atoms. The van der Waals surface area contributed by atoms with Crippen LogP contribution in [-0.4, -0.2) is 23.4 Å². The van der Waals surface area contributed by atoms with E-state index in [1.807, 2.05) is 42.2 Å². The Morgan fingerprint density at radius 1 is 1.38 bits per heavy atom. The monoisotopic (exact) mass is 217 g/mol. The first-order valence-electron chi connectivity index (χ1n) is 6.05. The molecule has 1 aliphatic rings. The van der Waals surface area contributed by atoms with Crippen LogP contribution in [0.15, 0.2) is 30.3 Å². The van der Waals surface area contributed by atoms with E-state index in [2.05, 4.69) is 6.92 Å². The van der Waals surface area contributed by atoms with Gasteiger partial charge in [0, 0.05) is 12.6 Å². The summed E-state index contributed by atoms with van der Waals surface area (Å²) in [4.78, 5) is 14.3. The zero-order chi connectivity index (χ0) is 11.5. The van der Waals surface area contributed by atoms with Crippen molar-refractivity contribution in [3.8, 4) is 0 Å². The van der Waals surface area contributed by atoms with Gasteiger partial charge in [-0.05, 0) is 32.3 Å². The largest absolute Gasteiger partial charge is 0.339 e. The van der Waals surface area contributed by atoms with Crippen molar-refractivity contribution >= 4 is 5.91 Å². The van der Waals surface area contributed by atoms with Gasteiger partial charge in [-0.1, -0.05) is 30.3 Å². The molecule has 2 rings (SSSR count). The number of benzene rings is 1. The van der Waals surface area contributed by atoms with Crippen molar-refractivity contribution in [3.05, 3.63) is 35.9 Å². The minimum atomic E-state index is -0.0123. The summed E-state index contributed by atoms with van der Waals surface area (Å²) in [5.74, 6) is 0.262. The summed E-state index contributed by atoms with van der Waals surface area (Å²) in [5.41, 5.74) is 1.12. The van der Waals surface area contributed by atoms with Gasteiger partial charge in [0.05, 0.1) is 5.92 Å². The molecule has 0 aromatic heterocycles. The van der Waals surface area contributed by atoms with Crippen LogP contribution in [0.1, 0.15) is 38.2 Å². The lowest BCUT2D eigenvalue weighted by molar-refractivity contribution is -0.132. The molecular weight excluding hydrogens is 198 g/mol. The second-order valence-electron chi connectivity index (χ2n) is 4.66. The van der Waals surface area contributed by atoms with E-state index in [1.54, 1.807) is 0 Å². The molecule has 2 nitrogen and oxygen atoms in total. The van der Waals surface area contributed by atoms with E-state index in [0.29, 0.717) is 6.04 Å². The predicted octanol–water partition coefficient (Wildman–Crippen LogP) is 2.80. The van der Waals surface area contributed by atoms with Crippen LogP contribution in [0.25, 0.3) is 0 Å². The minimum Gasteiger partial charge on any atom is -0.339 e. The third-order valence-electron chi connectivity index (χ3n) is 3.51. The number of hydrogen-bond acceptors (Lipinski definition) is 1. The van der Waals surface area contributed by atoms with Crippen molar-refractivity contribution in [1.29, 1.82) is 0 Å². The summed E-state index contributed by atoms with van der Waals surface area (Å²) in [6, 6.07) is 10.4. The normalized spacial score (nSPS) is 22.1. The Morgan fingerprint density at radius 3 is 2.62 bits per heavy atom. The van der Waals surface area contributed by atoms with Crippen LogP contribution in [-0.2, 0) is 4.79 Å². The fraction of sp³-hybridized carbons (Fsp3) is 0.500. The molecule has 1 fully saturated rings. The van der Waals surface area contributed by atoms with Crippen LogP contribution >= 0.6 is 0 Å². The maximum atomic E-state index is 12.3. The lowest BCUT2D eigenvalue weighted by atomic mass is 9.99. The number of likely N-dealkylation sites (tertiary alicyclic amines) is 1. The molecule has 16 heavy (non-hydrogen) atoms. The number of amides is 1. The quantitative estimate of drug-likeness (QED) is 0.746. The Labute approximate surface area is 97.3 Å². The molecule has 2 atom stereocenters. The van der Waals surface area contributed by atoms with E-state index in [1.165, 1.54) is 0 Å². The second-order valence-corrected chi connectivity index (χ2v) is 4.66. The molecule has 1 amide bonds. The molecule has 1 heterocycles. The van der Waals surface area contributed by atoms with Crippen molar-refractivity contribution in [1.82, 2.24) is 4.90 Å². The lowest BCUT2D eigenvalue weighted by Crippen LogP contribution is -2.36. The maximum absolute atomic E-state index is 12.3. The highest BCUT2D eigenvalue weighted by Gasteiger charge is 2.28. The summed E-state index contributed by atoms with van der Waals surface area (Å²) >= 11 is 0. The first-order chi connectivity index (χ1) is 7.70. The fourth-order valence-electron chi connectivity index (χ4n) is 2.39. The number of hydrogen-bond donors (Lipinski definition) is 0. The zero-order valence-corrected chi connectivity index (χ0v) is 10.0. The van der Waals surface area contributed by atoms with Crippen LogP contribution in [0.2, 0.25) is 0 Å². The van der Waals surface area contributed by atoms with Gasteiger partial charge in [0.2, 0.25) is 5.91 Å². The van der Waals surface area contributed by atoms with Crippen molar-refractivity contribution < 1.29 is 4.79 Å². The van der Waals surface area contributed by atoms with Crippen molar-refractivity contribution in [2.45, 2.75) is 38.6 Å². The molecule has 0 spiro atoms. The smallest absolute Gasteiger partial charge is 0.230 e. The third-order valence-corrected chi connectivity index (χ3v) is 3.51. The highest BCUT2D eigenvalue weighted by molar-refractivity contribution is 5.83. The Balaban J connectivity index is 2.10. The van der Waals surface area contributed by atoms with Gasteiger partial charge in [-0.25, -0.2) is 0 Å². The van der Waals surface area contributed by atoms with E-state index in [4.69, 9.17) is 0 Å². The maximum Gasteiger partial charge on any atom is 0.230 e. The van der Waals surface area contributed by atoms with Crippen LogP contribution < -0.4 is 0 Å². The minimum absolute atomic E-state index is 0.0123. The van der Waals surface area contributed by atoms with Crippen molar-refractivity contribution in [3.63, 3.8) is 0 Å². The number of carbonyl (C=O) groups excluding carboxylic acids is 1. The van der Waals surface area contributed by atoms with Crippen molar-refractivity contribution in [2.75, 3.05) is 6.54 Å². The molecule has 86 valence electrons. The number of carbonyl (C=O) groups is 1. The molecule has 1 saturated heterocycles. The first kappa shape index (κ1) is 11.2. The van der Waals surface area contributed by atoms with Gasteiger partial charge in [-0.2, -0.15) is 0 Å². The highest BCUT2D eigenvalue weighted by atomic mass is 16.2. The summed E-state index contributed by atoms with van der Waals surface area (Å²) in [6.45, 7) is 5.07. The van der Waals surface area contributed by atoms with Gasteiger partial charge in [0.15, 0.2) is 0 Å². The van der Waals surface area contributed by atoms with Gasteiger partial charge in [-0.15, -0.1) is 0 Å². The SMILES string of the molecule is C[C@@H]1CCCN1C(=O)[C@H](C)c1ccccc1. The summed E-state index contributed by atoms with van der Waals surface area (Å²) < 4.78 is 0. The molecule has 0 aliphatic carbocycles. The van der Waals surface area contributed by atoms with Crippen molar-refractivity contribution in [2.24, 2.45) is 0 Å². The van der Waals surface area contributed by atoms with Gasteiger partial charge in [0.25, 0.3) is 0 Å². The molecule has 0 radical (unpaired) electrons. The van der Waals surface area contributed by atoms with E-state index < -0.39 is 0 Å². The molecule has 0 saturated carbocycles. The standard InChI is InChI=1S/C14H19NO/c1-11-7-6-10-15(11)14(16)12(2)13-8-4-3-5-9-13/h3-5,8-9,11-12H,6-7,10H2,1-2H3/t11-,12-/m1/s1. The van der Waals surface area contributed by atoms with E-state index in [-0.39, 0.29) is 11.8 Å². The molecule has 0 N–H and O–H groups in total. The summed E-state index contributed by atoms with van der Waals surface area (Å²) in [6.07, 6.45) is 2.29. The average Bonchev–Trinajstić information content (AvgIpc) is 2.75. The number of nitrogens with zero attached hydrogens (tertiary/aromatic N) is 1. The Morgan fingerprint density at radius 2 is 2.06 bits per heavy atom. The Kier molecular flexibility index (Phi) is 3.28. The average molecular weight is 217 g/mol. The Bertz CT molecular complexity index is 360. The van der Waals surface area contributed by atoms with Gasteiger partial charge >= 0.3 is 0 Å². The number of rotatable bonds is 2. The summed E-state index contributed by atoms with van der Waals surface area (Å²) in [7, 11) is 0. The van der Waals surface area contributed by atoms with Crippen LogP contribution in [0.3, 0.4) is 0 Å². The van der Waals surface area contributed by atoms with Gasteiger partial charge in [0.1, 0.15) is 0 Å². The molecular formula is C14H19NO. The van der Waals surface area contributed by atoms with Gasteiger partial charge < -0.3 is 4.90 Å². The molecule has 2 heteroatoms. The van der Waals surface area contributed by atoms with E-state index in [9.17, 15) is 4.79 Å². The predicted molar refractivity (Wildman–Crippen MR) is 65.3 cm³/mol. The Hall–Kier alpha value is -1.31.